The Morgan fingerprint density at radius 1 is 1.35 bits per heavy atom. The topological polar surface area (TPSA) is 73.0 Å². The molecule has 0 bridgehead atoms. The Morgan fingerprint density at radius 2 is 2.17 bits per heavy atom. The number of piperidine rings is 1. The van der Waals surface area contributed by atoms with Crippen molar-refractivity contribution in [2.24, 2.45) is 7.05 Å². The summed E-state index contributed by atoms with van der Waals surface area (Å²) >= 11 is 0. The van der Waals surface area contributed by atoms with Gasteiger partial charge in [0.2, 0.25) is 0 Å². The van der Waals surface area contributed by atoms with Crippen molar-refractivity contribution in [3.8, 4) is 0 Å². The van der Waals surface area contributed by atoms with Crippen molar-refractivity contribution in [3.63, 3.8) is 0 Å². The standard InChI is InChI=1S/C16H21N5O2/c1-12-9-17-20(10-12)11-13-5-3-4-8-21(13)16(23)14-6-7-15(22)19(2)18-14/h6-7,9-10,13H,3-5,8,11H2,1-2H3/t13-/m1/s1. The lowest BCUT2D eigenvalue weighted by atomic mass is 10.0. The molecular formula is C16H21N5O2. The van der Waals surface area contributed by atoms with Gasteiger partial charge in [0.25, 0.3) is 11.5 Å². The summed E-state index contributed by atoms with van der Waals surface area (Å²) in [6.07, 6.45) is 6.86. The number of carbonyl (C=O) groups excluding carboxylic acids is 1. The third-order valence-corrected chi connectivity index (χ3v) is 4.23. The quantitative estimate of drug-likeness (QED) is 0.846. The molecule has 0 saturated carbocycles. The lowest BCUT2D eigenvalue weighted by molar-refractivity contribution is 0.0575. The molecule has 1 saturated heterocycles. The minimum absolute atomic E-state index is 0.106. The number of nitrogens with zero attached hydrogens (tertiary/aromatic N) is 5. The SMILES string of the molecule is Cc1cnn(C[C@H]2CCCCN2C(=O)c2ccc(=O)n(C)n2)c1. The van der Waals surface area contributed by atoms with Crippen LogP contribution in [0.4, 0.5) is 0 Å². The molecule has 7 nitrogen and oxygen atoms in total. The molecule has 23 heavy (non-hydrogen) atoms. The first-order chi connectivity index (χ1) is 11.0. The maximum atomic E-state index is 12.8. The number of hydrogen-bond donors (Lipinski definition) is 0. The molecule has 2 aromatic heterocycles. The van der Waals surface area contributed by atoms with Crippen molar-refractivity contribution in [2.45, 2.75) is 38.8 Å². The second kappa shape index (κ2) is 6.36. The number of carbonyl (C=O) groups is 1. The molecule has 1 fully saturated rings. The molecule has 0 aliphatic carbocycles. The summed E-state index contributed by atoms with van der Waals surface area (Å²) in [5.74, 6) is -0.117. The second-order valence-electron chi connectivity index (χ2n) is 6.07. The molecule has 0 spiro atoms. The van der Waals surface area contributed by atoms with Crippen LogP contribution >= 0.6 is 0 Å². The molecule has 0 unspecified atom stereocenters. The summed E-state index contributed by atoms with van der Waals surface area (Å²) in [6, 6.07) is 3.00. The van der Waals surface area contributed by atoms with Crippen LogP contribution < -0.4 is 5.56 Å². The van der Waals surface area contributed by atoms with Crippen LogP contribution in [0.25, 0.3) is 0 Å². The first kappa shape index (κ1) is 15.5. The molecule has 1 amide bonds. The van der Waals surface area contributed by atoms with Gasteiger partial charge in [-0.1, -0.05) is 0 Å². The lowest BCUT2D eigenvalue weighted by Gasteiger charge is -2.35. The average molecular weight is 315 g/mol. The monoisotopic (exact) mass is 315 g/mol. The van der Waals surface area contributed by atoms with Crippen LogP contribution in [0.3, 0.4) is 0 Å². The van der Waals surface area contributed by atoms with E-state index in [0.29, 0.717) is 18.8 Å². The molecule has 3 rings (SSSR count). The van der Waals surface area contributed by atoms with Gasteiger partial charge in [0.15, 0.2) is 0 Å². The number of likely N-dealkylation sites (tertiary alicyclic amines) is 1. The molecule has 0 aromatic carbocycles. The van der Waals surface area contributed by atoms with E-state index in [1.807, 2.05) is 28.9 Å². The maximum absolute atomic E-state index is 12.8. The third kappa shape index (κ3) is 3.33. The Morgan fingerprint density at radius 3 is 2.87 bits per heavy atom. The zero-order valence-electron chi connectivity index (χ0n) is 13.5. The van der Waals surface area contributed by atoms with Crippen molar-refractivity contribution in [1.29, 1.82) is 0 Å². The van der Waals surface area contributed by atoms with Gasteiger partial charge in [0, 0.05) is 25.9 Å². The number of hydrogen-bond acceptors (Lipinski definition) is 4. The lowest BCUT2D eigenvalue weighted by Crippen LogP contribution is -2.46. The van der Waals surface area contributed by atoms with E-state index in [1.165, 1.54) is 16.8 Å². The average Bonchev–Trinajstić information content (AvgIpc) is 2.95. The number of rotatable bonds is 3. The molecular weight excluding hydrogens is 294 g/mol. The zero-order valence-corrected chi connectivity index (χ0v) is 13.5. The highest BCUT2D eigenvalue weighted by Crippen LogP contribution is 2.20. The predicted molar refractivity (Wildman–Crippen MR) is 85.1 cm³/mol. The van der Waals surface area contributed by atoms with Crippen molar-refractivity contribution >= 4 is 5.91 Å². The van der Waals surface area contributed by atoms with Gasteiger partial charge in [-0.05, 0) is 37.8 Å². The van der Waals surface area contributed by atoms with Gasteiger partial charge in [-0.3, -0.25) is 14.3 Å². The van der Waals surface area contributed by atoms with Gasteiger partial charge in [0.1, 0.15) is 5.69 Å². The maximum Gasteiger partial charge on any atom is 0.274 e. The molecule has 7 heteroatoms. The highest BCUT2D eigenvalue weighted by atomic mass is 16.2. The van der Waals surface area contributed by atoms with Gasteiger partial charge in [-0.15, -0.1) is 0 Å². The first-order valence-corrected chi connectivity index (χ1v) is 7.89. The summed E-state index contributed by atoms with van der Waals surface area (Å²) in [6.45, 7) is 3.40. The molecule has 0 N–H and O–H groups in total. The fourth-order valence-corrected chi connectivity index (χ4v) is 3.00. The smallest absolute Gasteiger partial charge is 0.274 e. The summed E-state index contributed by atoms with van der Waals surface area (Å²) < 4.78 is 3.09. The Kier molecular flexibility index (Phi) is 4.27. The summed E-state index contributed by atoms with van der Waals surface area (Å²) in [4.78, 5) is 26.1. The normalized spacial score (nSPS) is 18.2. The Labute approximate surface area is 134 Å². The molecule has 2 aromatic rings. The zero-order chi connectivity index (χ0) is 16.4. The molecule has 1 atom stereocenters. The van der Waals surface area contributed by atoms with Crippen molar-refractivity contribution in [1.82, 2.24) is 24.5 Å². The largest absolute Gasteiger partial charge is 0.332 e. The third-order valence-electron chi connectivity index (χ3n) is 4.23. The summed E-state index contributed by atoms with van der Waals surface area (Å²) in [5.41, 5.74) is 1.21. The first-order valence-electron chi connectivity index (χ1n) is 7.89. The summed E-state index contributed by atoms with van der Waals surface area (Å²) in [5, 5.41) is 8.40. The number of amides is 1. The van der Waals surface area contributed by atoms with Gasteiger partial charge < -0.3 is 4.90 Å². The Hall–Kier alpha value is -2.44. The molecule has 1 aliphatic rings. The van der Waals surface area contributed by atoms with Gasteiger partial charge >= 0.3 is 0 Å². The fourth-order valence-electron chi connectivity index (χ4n) is 3.00. The highest BCUT2D eigenvalue weighted by Gasteiger charge is 2.29. The number of aromatic nitrogens is 4. The van der Waals surface area contributed by atoms with E-state index < -0.39 is 0 Å². The van der Waals surface area contributed by atoms with Crippen molar-refractivity contribution in [2.75, 3.05) is 6.54 Å². The van der Waals surface area contributed by atoms with E-state index >= 15 is 0 Å². The molecule has 0 radical (unpaired) electrons. The minimum atomic E-state index is -0.219. The van der Waals surface area contributed by atoms with E-state index in [2.05, 4.69) is 10.2 Å². The van der Waals surface area contributed by atoms with Crippen LogP contribution in [-0.4, -0.2) is 43.0 Å². The number of aryl methyl sites for hydroxylation is 2. The van der Waals surface area contributed by atoms with Crippen molar-refractivity contribution in [3.05, 3.63) is 46.1 Å². The molecule has 122 valence electrons. The second-order valence-corrected chi connectivity index (χ2v) is 6.07. The summed E-state index contributed by atoms with van der Waals surface area (Å²) in [7, 11) is 1.55. The van der Waals surface area contributed by atoms with E-state index in [4.69, 9.17) is 0 Å². The van der Waals surface area contributed by atoms with E-state index in [-0.39, 0.29) is 17.5 Å². The molecule has 1 aliphatic heterocycles. The van der Waals surface area contributed by atoms with Crippen LogP contribution in [0, 0.1) is 6.92 Å². The van der Waals surface area contributed by atoms with Crippen LogP contribution in [0.5, 0.6) is 0 Å². The Bertz CT molecular complexity index is 764. The van der Waals surface area contributed by atoms with Crippen molar-refractivity contribution < 1.29 is 4.79 Å². The highest BCUT2D eigenvalue weighted by molar-refractivity contribution is 5.92. The Balaban J connectivity index is 1.81. The van der Waals surface area contributed by atoms with Gasteiger partial charge in [0.05, 0.1) is 18.8 Å². The minimum Gasteiger partial charge on any atom is -0.332 e. The van der Waals surface area contributed by atoms with E-state index in [0.717, 1.165) is 24.8 Å². The molecule has 3 heterocycles. The fraction of sp³-hybridized carbons (Fsp3) is 0.500. The van der Waals surface area contributed by atoms with Crippen LogP contribution in [0.1, 0.15) is 35.3 Å². The predicted octanol–water partition coefficient (Wildman–Crippen LogP) is 0.980. The van der Waals surface area contributed by atoms with Crippen LogP contribution in [0.2, 0.25) is 0 Å². The van der Waals surface area contributed by atoms with Gasteiger partial charge in [-0.2, -0.15) is 10.2 Å². The van der Waals surface area contributed by atoms with E-state index in [1.54, 1.807) is 7.05 Å². The van der Waals surface area contributed by atoms with Crippen LogP contribution in [-0.2, 0) is 13.6 Å². The van der Waals surface area contributed by atoms with E-state index in [9.17, 15) is 9.59 Å². The van der Waals surface area contributed by atoms with Crippen LogP contribution in [0.15, 0.2) is 29.3 Å². The van der Waals surface area contributed by atoms with Gasteiger partial charge in [-0.25, -0.2) is 4.68 Å².